The standard InChI is InChI=1S/C20H27ClN4O/c1-4-19-13(2)10-23-25(19)12-15-5-7-17(8-6-15)24-20(26)18-9-16(21)11-22-14(18)3/h9-11,15,17H,4-8,12H2,1-3H3,(H,24,26). The predicted octanol–water partition coefficient (Wildman–Crippen LogP) is 4.10. The van der Waals surface area contributed by atoms with E-state index in [9.17, 15) is 4.79 Å². The summed E-state index contributed by atoms with van der Waals surface area (Å²) in [5.74, 6) is 0.555. The van der Waals surface area contributed by atoms with Crippen LogP contribution in [0.3, 0.4) is 0 Å². The molecule has 2 aromatic heterocycles. The Labute approximate surface area is 160 Å². The third kappa shape index (κ3) is 4.26. The molecule has 2 heterocycles. The summed E-state index contributed by atoms with van der Waals surface area (Å²) in [7, 11) is 0. The molecular formula is C20H27ClN4O. The molecule has 1 N–H and O–H groups in total. The number of nitrogens with one attached hydrogen (secondary N) is 1. The largest absolute Gasteiger partial charge is 0.349 e. The molecule has 2 aromatic rings. The molecule has 0 bridgehead atoms. The van der Waals surface area contributed by atoms with Crippen LogP contribution in [0.2, 0.25) is 5.02 Å². The minimum Gasteiger partial charge on any atom is -0.349 e. The summed E-state index contributed by atoms with van der Waals surface area (Å²) in [5.41, 5.74) is 3.89. The Morgan fingerprint density at radius 2 is 2.00 bits per heavy atom. The number of hydrogen-bond donors (Lipinski definition) is 1. The van der Waals surface area contributed by atoms with E-state index in [1.54, 1.807) is 12.3 Å². The maximum atomic E-state index is 12.5. The first-order valence-corrected chi connectivity index (χ1v) is 9.80. The highest BCUT2D eigenvalue weighted by molar-refractivity contribution is 6.30. The first-order valence-electron chi connectivity index (χ1n) is 9.42. The second kappa shape index (κ2) is 8.21. The zero-order chi connectivity index (χ0) is 18.7. The zero-order valence-electron chi connectivity index (χ0n) is 15.8. The molecule has 0 aliphatic heterocycles. The Balaban J connectivity index is 1.53. The fourth-order valence-electron chi connectivity index (χ4n) is 3.86. The second-order valence-electron chi connectivity index (χ2n) is 7.29. The third-order valence-corrected chi connectivity index (χ3v) is 5.61. The number of carbonyl (C=O) groups excluding carboxylic acids is 1. The molecular weight excluding hydrogens is 348 g/mol. The quantitative estimate of drug-likeness (QED) is 0.857. The average molecular weight is 375 g/mol. The summed E-state index contributed by atoms with van der Waals surface area (Å²) in [6.45, 7) is 7.12. The van der Waals surface area contributed by atoms with Crippen LogP contribution in [-0.4, -0.2) is 26.7 Å². The van der Waals surface area contributed by atoms with Crippen molar-refractivity contribution in [3.05, 3.63) is 46.0 Å². The molecule has 3 rings (SSSR count). The molecule has 0 spiro atoms. The highest BCUT2D eigenvalue weighted by Gasteiger charge is 2.24. The third-order valence-electron chi connectivity index (χ3n) is 5.40. The minimum atomic E-state index is -0.0723. The Bertz CT molecular complexity index is 778. The van der Waals surface area contributed by atoms with E-state index in [1.165, 1.54) is 11.3 Å². The van der Waals surface area contributed by atoms with Gasteiger partial charge in [0, 0.05) is 24.5 Å². The fraction of sp³-hybridized carbons (Fsp3) is 0.550. The van der Waals surface area contributed by atoms with Crippen LogP contribution in [0.15, 0.2) is 18.5 Å². The number of aryl methyl sites for hydroxylation is 2. The molecule has 1 amide bonds. The smallest absolute Gasteiger partial charge is 0.253 e. The number of amides is 1. The van der Waals surface area contributed by atoms with Crippen molar-refractivity contribution in [3.8, 4) is 0 Å². The van der Waals surface area contributed by atoms with Crippen LogP contribution >= 0.6 is 11.6 Å². The summed E-state index contributed by atoms with van der Waals surface area (Å²) < 4.78 is 2.17. The molecule has 0 radical (unpaired) electrons. The molecule has 1 aliphatic carbocycles. The molecule has 0 saturated heterocycles. The summed E-state index contributed by atoms with van der Waals surface area (Å²) in [4.78, 5) is 16.7. The maximum absolute atomic E-state index is 12.5. The van der Waals surface area contributed by atoms with Crippen molar-refractivity contribution in [3.63, 3.8) is 0 Å². The second-order valence-corrected chi connectivity index (χ2v) is 7.72. The van der Waals surface area contributed by atoms with E-state index >= 15 is 0 Å². The summed E-state index contributed by atoms with van der Waals surface area (Å²) in [6.07, 6.45) is 8.78. The molecule has 0 aromatic carbocycles. The van der Waals surface area contributed by atoms with Crippen LogP contribution in [0.1, 0.15) is 59.9 Å². The minimum absolute atomic E-state index is 0.0723. The molecule has 0 unspecified atom stereocenters. The van der Waals surface area contributed by atoms with Crippen molar-refractivity contribution in [2.75, 3.05) is 0 Å². The normalized spacial score (nSPS) is 20.2. The lowest BCUT2D eigenvalue weighted by molar-refractivity contribution is 0.0919. The van der Waals surface area contributed by atoms with Gasteiger partial charge in [-0.25, -0.2) is 0 Å². The molecule has 0 atom stereocenters. The van der Waals surface area contributed by atoms with Crippen LogP contribution in [0, 0.1) is 19.8 Å². The predicted molar refractivity (Wildman–Crippen MR) is 104 cm³/mol. The molecule has 140 valence electrons. The van der Waals surface area contributed by atoms with Gasteiger partial charge in [0.15, 0.2) is 0 Å². The lowest BCUT2D eigenvalue weighted by Gasteiger charge is -2.29. The first kappa shape index (κ1) is 18.9. The Morgan fingerprint density at radius 3 is 2.69 bits per heavy atom. The summed E-state index contributed by atoms with van der Waals surface area (Å²) in [6, 6.07) is 1.92. The zero-order valence-corrected chi connectivity index (χ0v) is 16.5. The van der Waals surface area contributed by atoms with E-state index in [0.29, 0.717) is 22.2 Å². The molecule has 1 saturated carbocycles. The van der Waals surface area contributed by atoms with Gasteiger partial charge in [-0.05, 0) is 63.5 Å². The number of carbonyl (C=O) groups is 1. The number of pyridine rings is 1. The van der Waals surface area contributed by atoms with E-state index in [0.717, 1.165) is 38.6 Å². The van der Waals surface area contributed by atoms with E-state index in [-0.39, 0.29) is 11.9 Å². The first-order chi connectivity index (χ1) is 12.5. The van der Waals surface area contributed by atoms with Crippen molar-refractivity contribution >= 4 is 17.5 Å². The topological polar surface area (TPSA) is 59.8 Å². The van der Waals surface area contributed by atoms with Gasteiger partial charge in [0.2, 0.25) is 0 Å². The van der Waals surface area contributed by atoms with Crippen molar-refractivity contribution in [1.29, 1.82) is 0 Å². The van der Waals surface area contributed by atoms with E-state index in [2.05, 4.69) is 33.9 Å². The van der Waals surface area contributed by atoms with Gasteiger partial charge in [-0.2, -0.15) is 5.10 Å². The van der Waals surface area contributed by atoms with Crippen LogP contribution in [-0.2, 0) is 13.0 Å². The molecule has 6 heteroatoms. The van der Waals surface area contributed by atoms with E-state index < -0.39 is 0 Å². The lowest BCUT2D eigenvalue weighted by Crippen LogP contribution is -2.38. The van der Waals surface area contributed by atoms with Crippen LogP contribution < -0.4 is 5.32 Å². The molecule has 5 nitrogen and oxygen atoms in total. The van der Waals surface area contributed by atoms with E-state index in [4.69, 9.17) is 11.6 Å². The van der Waals surface area contributed by atoms with Gasteiger partial charge in [-0.1, -0.05) is 18.5 Å². The molecule has 1 aliphatic rings. The van der Waals surface area contributed by atoms with Crippen LogP contribution in [0.25, 0.3) is 0 Å². The average Bonchev–Trinajstić information content (AvgIpc) is 2.98. The van der Waals surface area contributed by atoms with Gasteiger partial charge in [-0.3, -0.25) is 14.5 Å². The Kier molecular flexibility index (Phi) is 5.97. The van der Waals surface area contributed by atoms with Crippen molar-refractivity contribution < 1.29 is 4.79 Å². The van der Waals surface area contributed by atoms with Gasteiger partial charge in [-0.15, -0.1) is 0 Å². The van der Waals surface area contributed by atoms with Crippen LogP contribution in [0.4, 0.5) is 0 Å². The van der Waals surface area contributed by atoms with Gasteiger partial charge in [0.25, 0.3) is 5.91 Å². The maximum Gasteiger partial charge on any atom is 0.253 e. The number of nitrogens with zero attached hydrogens (tertiary/aromatic N) is 3. The molecule has 1 fully saturated rings. The van der Waals surface area contributed by atoms with Gasteiger partial charge in [0.05, 0.1) is 22.5 Å². The van der Waals surface area contributed by atoms with Crippen molar-refractivity contribution in [2.45, 2.75) is 65.5 Å². The lowest BCUT2D eigenvalue weighted by atomic mass is 9.86. The highest BCUT2D eigenvalue weighted by atomic mass is 35.5. The molecule has 26 heavy (non-hydrogen) atoms. The van der Waals surface area contributed by atoms with E-state index in [1.807, 2.05) is 13.1 Å². The van der Waals surface area contributed by atoms with Crippen LogP contribution in [0.5, 0.6) is 0 Å². The fourth-order valence-corrected chi connectivity index (χ4v) is 4.02. The number of hydrogen-bond acceptors (Lipinski definition) is 3. The highest BCUT2D eigenvalue weighted by Crippen LogP contribution is 2.27. The van der Waals surface area contributed by atoms with Gasteiger partial charge in [0.1, 0.15) is 0 Å². The number of aromatic nitrogens is 3. The Morgan fingerprint density at radius 1 is 1.27 bits per heavy atom. The monoisotopic (exact) mass is 374 g/mol. The SMILES string of the molecule is CCc1c(C)cnn1CC1CCC(NC(=O)c2cc(Cl)cnc2C)CC1. The van der Waals surface area contributed by atoms with Gasteiger partial charge < -0.3 is 5.32 Å². The summed E-state index contributed by atoms with van der Waals surface area (Å²) >= 11 is 5.98. The Hall–Kier alpha value is -1.88. The number of rotatable bonds is 5. The summed E-state index contributed by atoms with van der Waals surface area (Å²) in [5, 5.41) is 8.18. The van der Waals surface area contributed by atoms with Gasteiger partial charge >= 0.3 is 0 Å². The van der Waals surface area contributed by atoms with Crippen molar-refractivity contribution in [1.82, 2.24) is 20.1 Å². The number of halogens is 1. The van der Waals surface area contributed by atoms with Crippen molar-refractivity contribution in [2.24, 2.45) is 5.92 Å².